The maximum absolute atomic E-state index is 10.4. The van der Waals surface area contributed by atoms with Crippen LogP contribution in [0.3, 0.4) is 0 Å². The molecule has 7 aromatic rings. The summed E-state index contributed by atoms with van der Waals surface area (Å²) in [4.78, 5) is 0. The van der Waals surface area contributed by atoms with Crippen LogP contribution in [0.2, 0.25) is 0 Å². The second-order valence-corrected chi connectivity index (χ2v) is 10.2. The highest BCUT2D eigenvalue weighted by molar-refractivity contribution is 6.24. The van der Waals surface area contributed by atoms with E-state index in [2.05, 4.69) is 95.4 Å². The van der Waals surface area contributed by atoms with E-state index in [9.17, 15) is 10.5 Å². The Morgan fingerprint density at radius 1 is 0.459 bits per heavy atom. The standard InChI is InChI=1S/C34H17N3/c35-16-18-12-14-26-24-10-5-11-25-27-15-13-19(17-36)29-31-21-7-2-1-6-20(21)30(22-8-3-4-9-23(22)31)28(18)33(26)37(32(24)25)34(27)29/h1-15,30-31H. The fourth-order valence-corrected chi connectivity index (χ4v) is 7.50. The number of aromatic nitrogens is 1. The van der Waals surface area contributed by atoms with Gasteiger partial charge < -0.3 is 4.40 Å². The second-order valence-electron chi connectivity index (χ2n) is 10.2. The molecule has 0 amide bonds. The van der Waals surface area contributed by atoms with Crippen molar-refractivity contribution in [2.75, 3.05) is 0 Å². The molecule has 2 aliphatic heterocycles. The van der Waals surface area contributed by atoms with Crippen LogP contribution in [0.1, 0.15) is 56.3 Å². The van der Waals surface area contributed by atoms with Crippen LogP contribution >= 0.6 is 0 Å². The molecule has 0 unspecified atom stereocenters. The zero-order chi connectivity index (χ0) is 24.4. The van der Waals surface area contributed by atoms with Gasteiger partial charge in [-0.15, -0.1) is 0 Å². The van der Waals surface area contributed by atoms with Crippen molar-refractivity contribution in [1.82, 2.24) is 4.40 Å². The van der Waals surface area contributed by atoms with E-state index in [1.54, 1.807) is 0 Å². The fourth-order valence-electron chi connectivity index (χ4n) is 7.50. The first kappa shape index (κ1) is 19.1. The Balaban J connectivity index is 1.72. The van der Waals surface area contributed by atoms with Crippen LogP contribution in [0.15, 0.2) is 91.0 Å². The Morgan fingerprint density at radius 2 is 0.865 bits per heavy atom. The molecule has 5 aromatic carbocycles. The SMILES string of the molecule is N#Cc1ccc2c3cccc4c5ccc(C#N)c6c5n(c2c1C1c2ccccc2C6c2ccccc21)c34. The Bertz CT molecular complexity index is 2040. The normalized spacial score (nSPS) is 17.1. The zero-order valence-electron chi connectivity index (χ0n) is 19.7. The van der Waals surface area contributed by atoms with Crippen LogP contribution in [0.25, 0.3) is 38.1 Å². The molecule has 3 aliphatic rings. The van der Waals surface area contributed by atoms with E-state index in [4.69, 9.17) is 0 Å². The summed E-state index contributed by atoms with van der Waals surface area (Å²) in [7, 11) is 0. The topological polar surface area (TPSA) is 52.0 Å². The van der Waals surface area contributed by atoms with E-state index in [0.717, 1.165) is 32.9 Å². The van der Waals surface area contributed by atoms with Gasteiger partial charge in [-0.1, -0.05) is 78.9 Å². The zero-order valence-corrected chi connectivity index (χ0v) is 19.7. The molecule has 3 heteroatoms. The third-order valence-electron chi connectivity index (χ3n) is 8.78. The molecule has 2 bridgehead atoms. The summed E-state index contributed by atoms with van der Waals surface area (Å²) in [6, 6.07) is 37.1. The molecule has 0 radical (unpaired) electrons. The number of benzene rings is 5. The lowest BCUT2D eigenvalue weighted by Gasteiger charge is -2.35. The molecule has 37 heavy (non-hydrogen) atoms. The monoisotopic (exact) mass is 467 g/mol. The average molecular weight is 468 g/mol. The first-order valence-corrected chi connectivity index (χ1v) is 12.6. The van der Waals surface area contributed by atoms with Crippen LogP contribution in [0.4, 0.5) is 0 Å². The smallest absolute Gasteiger partial charge is 0.0995 e. The van der Waals surface area contributed by atoms with E-state index < -0.39 is 0 Å². The number of hydrogen-bond donors (Lipinski definition) is 0. The van der Waals surface area contributed by atoms with Crippen molar-refractivity contribution >= 4 is 38.1 Å². The molecule has 0 fully saturated rings. The number of nitriles is 2. The maximum Gasteiger partial charge on any atom is 0.0995 e. The van der Waals surface area contributed by atoms with E-state index in [1.165, 1.54) is 38.5 Å². The Hall–Kier alpha value is -5.12. The van der Waals surface area contributed by atoms with Crippen LogP contribution < -0.4 is 0 Å². The molecule has 4 heterocycles. The maximum atomic E-state index is 10.4. The summed E-state index contributed by atoms with van der Waals surface area (Å²) in [5.41, 5.74) is 11.8. The van der Waals surface area contributed by atoms with Gasteiger partial charge in [0.2, 0.25) is 0 Å². The van der Waals surface area contributed by atoms with Crippen LogP contribution in [-0.2, 0) is 0 Å². The minimum atomic E-state index is -0.0742. The van der Waals surface area contributed by atoms with Gasteiger partial charge in [-0.05, 0) is 34.4 Å². The predicted molar refractivity (Wildman–Crippen MR) is 145 cm³/mol. The molecule has 0 saturated heterocycles. The number of nitrogens with zero attached hydrogens (tertiary/aromatic N) is 3. The Morgan fingerprint density at radius 3 is 1.27 bits per heavy atom. The van der Waals surface area contributed by atoms with E-state index in [0.29, 0.717) is 11.1 Å². The lowest BCUT2D eigenvalue weighted by atomic mass is 9.67. The Kier molecular flexibility index (Phi) is 3.28. The van der Waals surface area contributed by atoms with Gasteiger partial charge in [0.15, 0.2) is 0 Å². The lowest BCUT2D eigenvalue weighted by molar-refractivity contribution is 0.829. The molecule has 2 aromatic heterocycles. The van der Waals surface area contributed by atoms with Crippen molar-refractivity contribution in [3.63, 3.8) is 0 Å². The second kappa shape index (κ2) is 6.35. The molecule has 0 N–H and O–H groups in total. The van der Waals surface area contributed by atoms with E-state index >= 15 is 0 Å². The van der Waals surface area contributed by atoms with Gasteiger partial charge in [0.25, 0.3) is 0 Å². The number of rotatable bonds is 0. The van der Waals surface area contributed by atoms with Crippen molar-refractivity contribution < 1.29 is 0 Å². The van der Waals surface area contributed by atoms with Gasteiger partial charge >= 0.3 is 0 Å². The predicted octanol–water partition coefficient (Wildman–Crippen LogP) is 7.57. The molecule has 168 valence electrons. The number of fused-ring (bicyclic) bond motifs is 2. The van der Waals surface area contributed by atoms with E-state index in [1.807, 2.05) is 12.1 Å². The third kappa shape index (κ3) is 2.02. The largest absolute Gasteiger partial charge is 0.307 e. The Labute approximate surface area is 212 Å². The van der Waals surface area contributed by atoms with Crippen molar-refractivity contribution in [2.45, 2.75) is 11.8 Å². The highest BCUT2D eigenvalue weighted by Crippen LogP contribution is 2.55. The molecular weight excluding hydrogens is 450 g/mol. The fraction of sp³-hybridized carbons (Fsp3) is 0.0588. The minimum Gasteiger partial charge on any atom is -0.307 e. The number of para-hydroxylation sites is 1. The van der Waals surface area contributed by atoms with Crippen LogP contribution in [-0.4, -0.2) is 4.40 Å². The van der Waals surface area contributed by atoms with Crippen LogP contribution in [0, 0.1) is 22.7 Å². The molecule has 0 spiro atoms. The average Bonchev–Trinajstić information content (AvgIpc) is 3.49. The molecule has 0 saturated carbocycles. The lowest BCUT2D eigenvalue weighted by Crippen LogP contribution is -2.21. The highest BCUT2D eigenvalue weighted by Gasteiger charge is 2.40. The van der Waals surface area contributed by atoms with Gasteiger partial charge in [-0.3, -0.25) is 0 Å². The van der Waals surface area contributed by atoms with Gasteiger partial charge in [-0.25, -0.2) is 0 Å². The molecule has 0 atom stereocenters. The first-order valence-electron chi connectivity index (χ1n) is 12.6. The van der Waals surface area contributed by atoms with Crippen LogP contribution in [0.5, 0.6) is 0 Å². The number of hydrogen-bond acceptors (Lipinski definition) is 2. The minimum absolute atomic E-state index is 0.0742. The summed E-state index contributed by atoms with van der Waals surface area (Å²) >= 11 is 0. The van der Waals surface area contributed by atoms with Gasteiger partial charge in [0.1, 0.15) is 0 Å². The summed E-state index contributed by atoms with van der Waals surface area (Å²) in [5, 5.41) is 25.6. The van der Waals surface area contributed by atoms with Crippen molar-refractivity contribution in [3.8, 4) is 12.1 Å². The summed E-state index contributed by atoms with van der Waals surface area (Å²) in [5.74, 6) is -0.148. The molecule has 1 aliphatic carbocycles. The van der Waals surface area contributed by atoms with Gasteiger partial charge in [-0.2, -0.15) is 10.5 Å². The van der Waals surface area contributed by atoms with Gasteiger partial charge in [0, 0.05) is 44.5 Å². The summed E-state index contributed by atoms with van der Waals surface area (Å²) in [6.07, 6.45) is 0. The molecular formula is C34H17N3. The summed E-state index contributed by atoms with van der Waals surface area (Å²) < 4.78 is 2.39. The van der Waals surface area contributed by atoms with Gasteiger partial charge in [0.05, 0.1) is 39.8 Å². The quantitative estimate of drug-likeness (QED) is 0.231. The van der Waals surface area contributed by atoms with Crippen molar-refractivity contribution in [2.24, 2.45) is 0 Å². The van der Waals surface area contributed by atoms with Crippen molar-refractivity contribution in [1.29, 1.82) is 10.5 Å². The van der Waals surface area contributed by atoms with Crippen molar-refractivity contribution in [3.05, 3.63) is 136 Å². The first-order chi connectivity index (χ1) is 18.3. The van der Waals surface area contributed by atoms with E-state index in [-0.39, 0.29) is 11.8 Å². The highest BCUT2D eigenvalue weighted by atomic mass is 14.9. The third-order valence-corrected chi connectivity index (χ3v) is 8.78. The molecule has 3 nitrogen and oxygen atoms in total. The summed E-state index contributed by atoms with van der Waals surface area (Å²) in [6.45, 7) is 0. The molecule has 10 rings (SSSR count).